The van der Waals surface area contributed by atoms with Crippen molar-refractivity contribution in [2.75, 3.05) is 11.9 Å². The highest BCUT2D eigenvalue weighted by Gasteiger charge is 2.08. The number of nitrogens with one attached hydrogen (secondary N) is 1. The normalized spacial score (nSPS) is 10.6. The number of aromatic nitrogens is 1. The molecule has 0 aliphatic carbocycles. The maximum absolute atomic E-state index is 13.6. The number of hydrogen-bond donors (Lipinski definition) is 1. The molecule has 0 radical (unpaired) electrons. The van der Waals surface area contributed by atoms with E-state index in [1.54, 1.807) is 18.3 Å². The summed E-state index contributed by atoms with van der Waals surface area (Å²) in [4.78, 5) is 3.99. The van der Waals surface area contributed by atoms with E-state index in [9.17, 15) is 4.39 Å². The Morgan fingerprint density at radius 1 is 1.40 bits per heavy atom. The Morgan fingerprint density at radius 3 is 2.93 bits per heavy atom. The standard InChI is InChI=1S/C11H10ClFN2/c1-2-14-9-5-6-15-11-7(9)3-4-8(12)10(11)13/h3-6H,2H2,1H3,(H,14,15). The van der Waals surface area contributed by atoms with Crippen LogP contribution >= 0.6 is 11.6 Å². The number of anilines is 1. The molecule has 0 aliphatic heterocycles. The molecule has 0 fully saturated rings. The lowest BCUT2D eigenvalue weighted by molar-refractivity contribution is 0.637. The molecule has 2 nitrogen and oxygen atoms in total. The zero-order valence-corrected chi connectivity index (χ0v) is 8.98. The highest BCUT2D eigenvalue weighted by molar-refractivity contribution is 6.31. The third-order valence-corrected chi connectivity index (χ3v) is 2.46. The second-order valence-corrected chi connectivity index (χ2v) is 3.55. The number of fused-ring (bicyclic) bond motifs is 1. The van der Waals surface area contributed by atoms with Crippen LogP contribution in [0.3, 0.4) is 0 Å². The van der Waals surface area contributed by atoms with Crippen LogP contribution in [0.2, 0.25) is 5.02 Å². The third kappa shape index (κ3) is 1.75. The van der Waals surface area contributed by atoms with E-state index in [1.165, 1.54) is 0 Å². The maximum Gasteiger partial charge on any atom is 0.168 e. The average Bonchev–Trinajstić information content (AvgIpc) is 2.25. The molecule has 0 bridgehead atoms. The van der Waals surface area contributed by atoms with Crippen molar-refractivity contribution in [3.8, 4) is 0 Å². The van der Waals surface area contributed by atoms with E-state index in [4.69, 9.17) is 11.6 Å². The van der Waals surface area contributed by atoms with Gasteiger partial charge in [0.1, 0.15) is 5.52 Å². The van der Waals surface area contributed by atoms with Crippen molar-refractivity contribution >= 4 is 28.2 Å². The lowest BCUT2D eigenvalue weighted by Gasteiger charge is -2.07. The van der Waals surface area contributed by atoms with Crippen molar-refractivity contribution in [2.24, 2.45) is 0 Å². The number of rotatable bonds is 2. The molecule has 0 saturated heterocycles. The fourth-order valence-electron chi connectivity index (χ4n) is 1.50. The predicted octanol–water partition coefficient (Wildman–Crippen LogP) is 3.46. The molecule has 15 heavy (non-hydrogen) atoms. The minimum absolute atomic E-state index is 0.101. The molecule has 0 saturated carbocycles. The van der Waals surface area contributed by atoms with Crippen LogP contribution in [0.25, 0.3) is 10.9 Å². The van der Waals surface area contributed by atoms with E-state index in [1.807, 2.05) is 13.0 Å². The summed E-state index contributed by atoms with van der Waals surface area (Å²) in [5.74, 6) is -0.464. The molecule has 1 aromatic heterocycles. The Balaban J connectivity index is 2.72. The van der Waals surface area contributed by atoms with Crippen LogP contribution in [-0.2, 0) is 0 Å². The second-order valence-electron chi connectivity index (χ2n) is 3.15. The number of benzene rings is 1. The summed E-state index contributed by atoms with van der Waals surface area (Å²) in [6.07, 6.45) is 1.57. The Kier molecular flexibility index (Phi) is 2.73. The minimum Gasteiger partial charge on any atom is -0.385 e. The van der Waals surface area contributed by atoms with Crippen molar-refractivity contribution in [1.82, 2.24) is 4.98 Å². The topological polar surface area (TPSA) is 24.9 Å². The van der Waals surface area contributed by atoms with Crippen LogP contribution < -0.4 is 5.32 Å². The maximum atomic E-state index is 13.6. The van der Waals surface area contributed by atoms with Crippen molar-refractivity contribution in [3.05, 3.63) is 35.2 Å². The van der Waals surface area contributed by atoms with Crippen LogP contribution in [0, 0.1) is 5.82 Å². The van der Waals surface area contributed by atoms with Crippen LogP contribution in [0.4, 0.5) is 10.1 Å². The molecule has 2 rings (SSSR count). The molecular weight excluding hydrogens is 215 g/mol. The predicted molar refractivity (Wildman–Crippen MR) is 60.9 cm³/mol. The van der Waals surface area contributed by atoms with Crippen molar-refractivity contribution < 1.29 is 4.39 Å². The van der Waals surface area contributed by atoms with Gasteiger partial charge in [0.05, 0.1) is 5.02 Å². The van der Waals surface area contributed by atoms with Gasteiger partial charge >= 0.3 is 0 Å². The Morgan fingerprint density at radius 2 is 2.20 bits per heavy atom. The molecule has 1 heterocycles. The van der Waals surface area contributed by atoms with E-state index in [0.29, 0.717) is 5.52 Å². The molecule has 0 aliphatic rings. The summed E-state index contributed by atoms with van der Waals surface area (Å²) < 4.78 is 13.6. The second kappa shape index (κ2) is 4.03. The van der Waals surface area contributed by atoms with Gasteiger partial charge in [-0.15, -0.1) is 0 Å². The molecule has 0 amide bonds. The van der Waals surface area contributed by atoms with Crippen molar-refractivity contribution in [1.29, 1.82) is 0 Å². The molecule has 2 aromatic rings. The SMILES string of the molecule is CCNc1ccnc2c(F)c(Cl)ccc12. The molecule has 1 N–H and O–H groups in total. The van der Waals surface area contributed by atoms with Crippen molar-refractivity contribution in [2.45, 2.75) is 6.92 Å². The van der Waals surface area contributed by atoms with Gasteiger partial charge in [-0.05, 0) is 25.1 Å². The summed E-state index contributed by atoms with van der Waals surface area (Å²) in [5.41, 5.74) is 1.18. The molecular formula is C11H10ClFN2. The molecule has 0 unspecified atom stereocenters. The number of halogens is 2. The van der Waals surface area contributed by atoms with Crippen LogP contribution in [-0.4, -0.2) is 11.5 Å². The van der Waals surface area contributed by atoms with Gasteiger partial charge in [0.2, 0.25) is 0 Å². The Labute approximate surface area is 92.1 Å². The van der Waals surface area contributed by atoms with Gasteiger partial charge in [0.25, 0.3) is 0 Å². The summed E-state index contributed by atoms with van der Waals surface area (Å²) in [5, 5.41) is 4.00. The van der Waals surface area contributed by atoms with Crippen LogP contribution in [0.5, 0.6) is 0 Å². The first-order valence-electron chi connectivity index (χ1n) is 4.70. The van der Waals surface area contributed by atoms with E-state index < -0.39 is 5.82 Å². The first kappa shape index (κ1) is 10.2. The number of hydrogen-bond acceptors (Lipinski definition) is 2. The first-order valence-corrected chi connectivity index (χ1v) is 5.08. The van der Waals surface area contributed by atoms with E-state index >= 15 is 0 Å². The van der Waals surface area contributed by atoms with Gasteiger partial charge in [0.15, 0.2) is 5.82 Å². The van der Waals surface area contributed by atoms with Gasteiger partial charge in [-0.25, -0.2) is 4.39 Å². The lowest BCUT2D eigenvalue weighted by atomic mass is 10.2. The van der Waals surface area contributed by atoms with E-state index in [2.05, 4.69) is 10.3 Å². The lowest BCUT2D eigenvalue weighted by Crippen LogP contribution is -1.98. The van der Waals surface area contributed by atoms with Gasteiger partial charge in [0, 0.05) is 23.8 Å². The van der Waals surface area contributed by atoms with Gasteiger partial charge in [-0.1, -0.05) is 11.6 Å². The molecule has 78 valence electrons. The van der Waals surface area contributed by atoms with Gasteiger partial charge < -0.3 is 5.32 Å². The molecule has 1 aromatic carbocycles. The highest BCUT2D eigenvalue weighted by atomic mass is 35.5. The Bertz CT molecular complexity index is 499. The van der Waals surface area contributed by atoms with Crippen LogP contribution in [0.15, 0.2) is 24.4 Å². The zero-order valence-electron chi connectivity index (χ0n) is 8.22. The summed E-state index contributed by atoms with van der Waals surface area (Å²) in [6, 6.07) is 5.13. The number of nitrogens with zero attached hydrogens (tertiary/aromatic N) is 1. The van der Waals surface area contributed by atoms with E-state index in [-0.39, 0.29) is 5.02 Å². The van der Waals surface area contributed by atoms with Crippen LogP contribution in [0.1, 0.15) is 6.92 Å². The van der Waals surface area contributed by atoms with Crippen molar-refractivity contribution in [3.63, 3.8) is 0 Å². The first-order chi connectivity index (χ1) is 7.24. The fraction of sp³-hybridized carbons (Fsp3) is 0.182. The highest BCUT2D eigenvalue weighted by Crippen LogP contribution is 2.27. The summed E-state index contributed by atoms with van der Waals surface area (Å²) in [6.45, 7) is 2.77. The van der Waals surface area contributed by atoms with Gasteiger partial charge in [-0.2, -0.15) is 0 Å². The zero-order chi connectivity index (χ0) is 10.8. The largest absolute Gasteiger partial charge is 0.385 e. The minimum atomic E-state index is -0.464. The molecule has 0 atom stereocenters. The quantitative estimate of drug-likeness (QED) is 0.845. The van der Waals surface area contributed by atoms with E-state index in [0.717, 1.165) is 17.6 Å². The smallest absolute Gasteiger partial charge is 0.168 e. The third-order valence-electron chi connectivity index (χ3n) is 2.17. The monoisotopic (exact) mass is 224 g/mol. The fourth-order valence-corrected chi connectivity index (χ4v) is 1.66. The number of pyridine rings is 1. The summed E-state index contributed by atoms with van der Waals surface area (Å²) in [7, 11) is 0. The Hall–Kier alpha value is -1.35. The average molecular weight is 225 g/mol. The molecule has 0 spiro atoms. The van der Waals surface area contributed by atoms with Gasteiger partial charge in [-0.3, -0.25) is 4.98 Å². The summed E-state index contributed by atoms with van der Waals surface area (Å²) >= 11 is 5.68. The molecule has 4 heteroatoms.